The summed E-state index contributed by atoms with van der Waals surface area (Å²) in [7, 11) is 3.19. The summed E-state index contributed by atoms with van der Waals surface area (Å²) < 4.78 is 24.8. The van der Waals surface area contributed by atoms with Gasteiger partial charge in [0.15, 0.2) is 0 Å². The van der Waals surface area contributed by atoms with Gasteiger partial charge in [0, 0.05) is 11.3 Å². The highest BCUT2D eigenvalue weighted by molar-refractivity contribution is 6.07. The van der Waals surface area contributed by atoms with Gasteiger partial charge in [-0.05, 0) is 54.9 Å². The van der Waals surface area contributed by atoms with Gasteiger partial charge in [0.1, 0.15) is 17.3 Å². The predicted octanol–water partition coefficient (Wildman–Crippen LogP) is 2.77. The summed E-state index contributed by atoms with van der Waals surface area (Å²) in [6.45, 7) is 0.647. The molecular weight excluding hydrogens is 323 g/mol. The maximum atomic E-state index is 13.9. The van der Waals surface area contributed by atoms with E-state index in [0.717, 1.165) is 5.56 Å². The molecule has 0 bridgehead atoms. The molecule has 2 heterocycles. The van der Waals surface area contributed by atoms with Gasteiger partial charge in [-0.2, -0.15) is 0 Å². The molecule has 0 unspecified atom stereocenters. The van der Waals surface area contributed by atoms with Crippen molar-refractivity contribution in [1.29, 1.82) is 0 Å². The van der Waals surface area contributed by atoms with Crippen LogP contribution in [0.3, 0.4) is 0 Å². The lowest BCUT2D eigenvalue weighted by molar-refractivity contribution is -0.121. The first kappa shape index (κ1) is 15.9. The number of benzene rings is 2. The minimum atomic E-state index is -0.864. The molecule has 4 rings (SSSR count). The van der Waals surface area contributed by atoms with Crippen molar-refractivity contribution in [3.05, 3.63) is 53.3 Å². The molecule has 2 aromatic carbocycles. The molecule has 2 aliphatic heterocycles. The van der Waals surface area contributed by atoms with Crippen LogP contribution >= 0.6 is 0 Å². The number of rotatable bonds is 3. The number of nitrogens with one attached hydrogen (secondary N) is 2. The van der Waals surface area contributed by atoms with Crippen molar-refractivity contribution in [2.24, 2.45) is 0 Å². The summed E-state index contributed by atoms with van der Waals surface area (Å²) in [4.78, 5) is 13.0. The fourth-order valence-corrected chi connectivity index (χ4v) is 4.06. The van der Waals surface area contributed by atoms with Gasteiger partial charge < -0.3 is 20.1 Å². The van der Waals surface area contributed by atoms with Gasteiger partial charge in [0.05, 0.1) is 25.7 Å². The van der Waals surface area contributed by atoms with Crippen molar-refractivity contribution in [1.82, 2.24) is 5.32 Å². The number of methoxy groups -OCH3 is 2. The second-order valence-electron chi connectivity index (χ2n) is 6.36. The first-order valence-electron chi connectivity index (χ1n) is 8.17. The van der Waals surface area contributed by atoms with Crippen molar-refractivity contribution in [2.75, 3.05) is 26.1 Å². The van der Waals surface area contributed by atoms with E-state index in [1.165, 1.54) is 12.1 Å². The number of hydrogen-bond acceptors (Lipinski definition) is 4. The molecule has 2 atom stereocenters. The second kappa shape index (κ2) is 5.74. The molecule has 1 spiro atoms. The highest BCUT2D eigenvalue weighted by atomic mass is 19.1. The number of amides is 1. The molecule has 2 aromatic rings. The van der Waals surface area contributed by atoms with Gasteiger partial charge in [-0.25, -0.2) is 4.39 Å². The van der Waals surface area contributed by atoms with E-state index in [9.17, 15) is 9.18 Å². The van der Waals surface area contributed by atoms with E-state index in [1.54, 1.807) is 20.3 Å². The van der Waals surface area contributed by atoms with Crippen molar-refractivity contribution in [2.45, 2.75) is 17.9 Å². The quantitative estimate of drug-likeness (QED) is 0.900. The van der Waals surface area contributed by atoms with Gasteiger partial charge >= 0.3 is 0 Å². The third kappa shape index (κ3) is 2.21. The Balaban J connectivity index is 1.90. The normalized spacial score (nSPS) is 24.3. The second-order valence-corrected chi connectivity index (χ2v) is 6.36. The summed E-state index contributed by atoms with van der Waals surface area (Å²) in [6, 6.07) is 9.61. The van der Waals surface area contributed by atoms with E-state index in [2.05, 4.69) is 10.6 Å². The molecule has 1 saturated heterocycles. The minimum absolute atomic E-state index is 0.118. The number of ether oxygens (including phenoxy) is 2. The van der Waals surface area contributed by atoms with E-state index in [1.807, 2.05) is 18.2 Å². The molecule has 2 N–H and O–H groups in total. The predicted molar refractivity (Wildman–Crippen MR) is 91.6 cm³/mol. The van der Waals surface area contributed by atoms with E-state index in [-0.39, 0.29) is 17.8 Å². The molecule has 25 heavy (non-hydrogen) atoms. The van der Waals surface area contributed by atoms with Crippen LogP contribution in [-0.4, -0.2) is 26.7 Å². The number of hydrogen-bond donors (Lipinski definition) is 2. The molecule has 6 heteroatoms. The highest BCUT2D eigenvalue weighted by Crippen LogP contribution is 2.52. The third-order valence-electron chi connectivity index (χ3n) is 5.22. The van der Waals surface area contributed by atoms with E-state index >= 15 is 0 Å². The first-order valence-corrected chi connectivity index (χ1v) is 8.17. The Morgan fingerprint density at radius 3 is 2.76 bits per heavy atom. The van der Waals surface area contributed by atoms with Crippen LogP contribution in [-0.2, 0) is 10.2 Å². The average Bonchev–Trinajstić information content (AvgIpc) is 3.18. The van der Waals surface area contributed by atoms with E-state index in [4.69, 9.17) is 9.47 Å². The summed E-state index contributed by atoms with van der Waals surface area (Å²) in [5.41, 5.74) is 1.32. The molecule has 2 aliphatic rings. The topological polar surface area (TPSA) is 59.6 Å². The summed E-state index contributed by atoms with van der Waals surface area (Å²) in [5.74, 6) is 0.876. The van der Waals surface area contributed by atoms with Gasteiger partial charge in [-0.1, -0.05) is 0 Å². The Morgan fingerprint density at radius 2 is 2.00 bits per heavy atom. The lowest BCUT2D eigenvalue weighted by Crippen LogP contribution is -2.39. The fraction of sp³-hybridized carbons (Fsp3) is 0.316. The van der Waals surface area contributed by atoms with E-state index < -0.39 is 5.41 Å². The number of fused-ring (bicyclic) bond motifs is 2. The Kier molecular flexibility index (Phi) is 3.65. The zero-order valence-corrected chi connectivity index (χ0v) is 14.1. The number of anilines is 1. The smallest absolute Gasteiger partial charge is 0.237 e. The Bertz CT molecular complexity index is 855. The molecule has 0 saturated carbocycles. The lowest BCUT2D eigenvalue weighted by Gasteiger charge is -2.30. The molecule has 0 aromatic heterocycles. The van der Waals surface area contributed by atoms with Crippen LogP contribution in [0.15, 0.2) is 36.4 Å². The maximum absolute atomic E-state index is 13.9. The monoisotopic (exact) mass is 342 g/mol. The van der Waals surface area contributed by atoms with Crippen LogP contribution in [0.1, 0.15) is 23.6 Å². The van der Waals surface area contributed by atoms with Crippen LogP contribution in [0.2, 0.25) is 0 Å². The Morgan fingerprint density at radius 1 is 1.16 bits per heavy atom. The van der Waals surface area contributed by atoms with Crippen LogP contribution in [0.25, 0.3) is 0 Å². The summed E-state index contributed by atoms with van der Waals surface area (Å²) in [6.07, 6.45) is 0.584. The molecule has 0 aliphatic carbocycles. The zero-order valence-electron chi connectivity index (χ0n) is 14.1. The molecular formula is C19H19FN2O3. The SMILES string of the molecule is COc1ccc(OC)c([C@@H]2NCC[C@]23C(=O)Nc2ccc(F)cc23)c1. The summed E-state index contributed by atoms with van der Waals surface area (Å²) >= 11 is 0. The molecule has 1 amide bonds. The zero-order chi connectivity index (χ0) is 17.6. The fourth-order valence-electron chi connectivity index (χ4n) is 4.06. The molecule has 5 nitrogen and oxygen atoms in total. The Hall–Kier alpha value is -2.60. The number of halogens is 1. The maximum Gasteiger partial charge on any atom is 0.237 e. The van der Waals surface area contributed by atoms with Gasteiger partial charge in [-0.15, -0.1) is 0 Å². The van der Waals surface area contributed by atoms with Crippen LogP contribution in [0.5, 0.6) is 11.5 Å². The minimum Gasteiger partial charge on any atom is -0.497 e. The van der Waals surface area contributed by atoms with Crippen molar-refractivity contribution < 1.29 is 18.7 Å². The largest absolute Gasteiger partial charge is 0.497 e. The number of carbonyl (C=O) groups excluding carboxylic acids is 1. The van der Waals surface area contributed by atoms with Crippen LogP contribution in [0, 0.1) is 5.82 Å². The van der Waals surface area contributed by atoms with Gasteiger partial charge in [0.25, 0.3) is 0 Å². The standard InChI is InChI=1S/C19H19FN2O3/c1-24-12-4-6-16(25-2)13(10-12)17-19(7-8-21-17)14-9-11(20)3-5-15(14)22-18(19)23/h3-6,9-10,17,21H,7-8H2,1-2H3,(H,22,23)/t17-,19+/m0/s1. The van der Waals surface area contributed by atoms with Crippen molar-refractivity contribution >= 4 is 11.6 Å². The highest BCUT2D eigenvalue weighted by Gasteiger charge is 2.56. The van der Waals surface area contributed by atoms with Crippen molar-refractivity contribution in [3.8, 4) is 11.5 Å². The molecule has 130 valence electrons. The summed E-state index contributed by atoms with van der Waals surface area (Å²) in [5, 5.41) is 6.31. The Labute approximate surface area is 145 Å². The first-order chi connectivity index (χ1) is 12.1. The lowest BCUT2D eigenvalue weighted by atomic mass is 9.72. The molecule has 0 radical (unpaired) electrons. The van der Waals surface area contributed by atoms with Crippen molar-refractivity contribution in [3.63, 3.8) is 0 Å². The van der Waals surface area contributed by atoms with E-state index in [0.29, 0.717) is 35.7 Å². The van der Waals surface area contributed by atoms with Gasteiger partial charge in [-0.3, -0.25) is 4.79 Å². The van der Waals surface area contributed by atoms with Crippen LogP contribution in [0.4, 0.5) is 10.1 Å². The average molecular weight is 342 g/mol. The van der Waals surface area contributed by atoms with Crippen LogP contribution < -0.4 is 20.1 Å². The third-order valence-corrected chi connectivity index (χ3v) is 5.22. The number of carbonyl (C=O) groups is 1. The molecule has 1 fully saturated rings. The van der Waals surface area contributed by atoms with Gasteiger partial charge in [0.2, 0.25) is 5.91 Å².